The minimum Gasteiger partial charge on any atom is -0.394 e. The predicted molar refractivity (Wildman–Crippen MR) is 56.7 cm³/mol. The second-order valence-corrected chi connectivity index (χ2v) is 3.92. The lowest BCUT2D eigenvalue weighted by atomic mass is 9.90. The fourth-order valence-electron chi connectivity index (χ4n) is 1.69. The van der Waals surface area contributed by atoms with Crippen molar-refractivity contribution >= 4 is 5.82 Å². The third kappa shape index (κ3) is 1.86. The molecule has 0 aliphatic carbocycles. The maximum atomic E-state index is 9.16. The quantitative estimate of drug-likeness (QED) is 0.639. The highest BCUT2D eigenvalue weighted by Gasteiger charge is 2.25. The van der Waals surface area contributed by atoms with Crippen LogP contribution in [0.15, 0.2) is 6.07 Å². The van der Waals surface area contributed by atoms with Gasteiger partial charge in [0.2, 0.25) is 0 Å². The van der Waals surface area contributed by atoms with Crippen LogP contribution in [0.4, 0.5) is 5.82 Å². The Labute approximate surface area is 83.9 Å². The third-order valence-electron chi connectivity index (χ3n) is 2.27. The van der Waals surface area contributed by atoms with E-state index in [0.29, 0.717) is 5.82 Å². The molecule has 1 unspecified atom stereocenters. The van der Waals surface area contributed by atoms with Crippen LogP contribution in [0.2, 0.25) is 0 Å². The number of nitrogens with two attached hydrogens (primary N) is 2. The second-order valence-electron chi connectivity index (χ2n) is 3.92. The van der Waals surface area contributed by atoms with Gasteiger partial charge in [-0.05, 0) is 32.4 Å². The van der Waals surface area contributed by atoms with Gasteiger partial charge >= 0.3 is 0 Å². The number of aliphatic hydroxyl groups is 1. The molecule has 78 valence electrons. The third-order valence-corrected chi connectivity index (χ3v) is 2.27. The lowest BCUT2D eigenvalue weighted by molar-refractivity contribution is 0.210. The Bertz CT molecular complexity index is 324. The monoisotopic (exact) mass is 195 g/mol. The Morgan fingerprint density at radius 3 is 2.50 bits per heavy atom. The summed E-state index contributed by atoms with van der Waals surface area (Å²) in [5, 5.41) is 9.16. The zero-order valence-electron chi connectivity index (χ0n) is 8.83. The fourth-order valence-corrected chi connectivity index (χ4v) is 1.69. The van der Waals surface area contributed by atoms with E-state index in [1.807, 2.05) is 19.9 Å². The van der Waals surface area contributed by atoms with E-state index >= 15 is 0 Å². The van der Waals surface area contributed by atoms with Gasteiger partial charge in [-0.1, -0.05) is 0 Å². The average molecular weight is 195 g/mol. The molecule has 0 aliphatic heterocycles. The number of anilines is 1. The van der Waals surface area contributed by atoms with E-state index in [1.165, 1.54) is 0 Å². The minimum atomic E-state index is -0.825. The summed E-state index contributed by atoms with van der Waals surface area (Å²) >= 11 is 0. The number of hydrogen-bond donors (Lipinski definition) is 3. The molecule has 4 heteroatoms. The average Bonchev–Trinajstić information content (AvgIpc) is 2.01. The normalized spacial score (nSPS) is 15.2. The fraction of sp³-hybridized carbons (Fsp3) is 0.500. The summed E-state index contributed by atoms with van der Waals surface area (Å²) in [6.07, 6.45) is 0. The highest BCUT2D eigenvalue weighted by atomic mass is 16.3. The van der Waals surface area contributed by atoms with Gasteiger partial charge in [-0.25, -0.2) is 4.98 Å². The SMILES string of the molecule is Cc1cc(C)c(C(C)(N)CO)c(N)n1. The van der Waals surface area contributed by atoms with Crippen molar-refractivity contribution < 1.29 is 5.11 Å². The molecule has 1 aromatic rings. The van der Waals surface area contributed by atoms with Gasteiger partial charge in [0.1, 0.15) is 5.82 Å². The molecule has 1 heterocycles. The highest BCUT2D eigenvalue weighted by molar-refractivity contribution is 5.49. The number of nitrogens with zero attached hydrogens (tertiary/aromatic N) is 1. The van der Waals surface area contributed by atoms with Gasteiger partial charge in [-0.3, -0.25) is 0 Å². The minimum absolute atomic E-state index is 0.150. The van der Waals surface area contributed by atoms with Crippen LogP contribution in [0.5, 0.6) is 0 Å². The van der Waals surface area contributed by atoms with E-state index in [4.69, 9.17) is 16.6 Å². The molecule has 0 aromatic carbocycles. The van der Waals surface area contributed by atoms with E-state index in [2.05, 4.69) is 4.98 Å². The molecule has 1 rings (SSSR count). The Kier molecular flexibility index (Phi) is 2.78. The first kappa shape index (κ1) is 10.9. The molecule has 14 heavy (non-hydrogen) atoms. The molecule has 0 spiro atoms. The molecule has 1 aromatic heterocycles. The van der Waals surface area contributed by atoms with Crippen LogP contribution in [-0.4, -0.2) is 16.7 Å². The molecular weight excluding hydrogens is 178 g/mol. The summed E-state index contributed by atoms with van der Waals surface area (Å²) in [5.41, 5.74) is 13.4. The van der Waals surface area contributed by atoms with Crippen molar-refractivity contribution in [3.8, 4) is 0 Å². The summed E-state index contributed by atoms with van der Waals surface area (Å²) in [7, 11) is 0. The molecule has 4 nitrogen and oxygen atoms in total. The summed E-state index contributed by atoms with van der Waals surface area (Å²) in [6.45, 7) is 5.38. The van der Waals surface area contributed by atoms with Crippen molar-refractivity contribution in [2.24, 2.45) is 5.73 Å². The van der Waals surface area contributed by atoms with Crippen LogP contribution >= 0.6 is 0 Å². The Balaban J connectivity index is 3.35. The van der Waals surface area contributed by atoms with Gasteiger partial charge in [0.25, 0.3) is 0 Å². The Morgan fingerprint density at radius 1 is 1.50 bits per heavy atom. The van der Waals surface area contributed by atoms with Crippen LogP contribution in [-0.2, 0) is 5.54 Å². The first-order chi connectivity index (χ1) is 6.38. The molecular formula is C10H17N3O. The van der Waals surface area contributed by atoms with E-state index in [-0.39, 0.29) is 6.61 Å². The number of aromatic nitrogens is 1. The number of rotatable bonds is 2. The van der Waals surface area contributed by atoms with E-state index in [0.717, 1.165) is 16.8 Å². The lowest BCUT2D eigenvalue weighted by Gasteiger charge is -2.25. The van der Waals surface area contributed by atoms with Gasteiger partial charge in [-0.15, -0.1) is 0 Å². The highest BCUT2D eigenvalue weighted by Crippen LogP contribution is 2.26. The van der Waals surface area contributed by atoms with Crippen molar-refractivity contribution in [3.63, 3.8) is 0 Å². The number of nitrogen functional groups attached to an aromatic ring is 1. The lowest BCUT2D eigenvalue weighted by Crippen LogP contribution is -2.38. The molecule has 0 radical (unpaired) electrons. The molecule has 0 saturated carbocycles. The molecule has 5 N–H and O–H groups in total. The molecule has 1 atom stereocenters. The smallest absolute Gasteiger partial charge is 0.129 e. The zero-order valence-corrected chi connectivity index (χ0v) is 8.83. The van der Waals surface area contributed by atoms with Crippen LogP contribution in [0.1, 0.15) is 23.7 Å². The van der Waals surface area contributed by atoms with Crippen molar-refractivity contribution in [3.05, 3.63) is 22.9 Å². The van der Waals surface area contributed by atoms with Gasteiger partial charge in [-0.2, -0.15) is 0 Å². The van der Waals surface area contributed by atoms with Crippen molar-refractivity contribution in [1.82, 2.24) is 4.98 Å². The van der Waals surface area contributed by atoms with Crippen molar-refractivity contribution in [1.29, 1.82) is 0 Å². The second kappa shape index (κ2) is 3.55. The first-order valence-corrected chi connectivity index (χ1v) is 4.52. The molecule has 0 amide bonds. The standard InChI is InChI=1S/C10H17N3O/c1-6-4-7(2)13-9(11)8(6)10(3,12)5-14/h4,14H,5,12H2,1-3H3,(H2,11,13). The van der Waals surface area contributed by atoms with E-state index in [1.54, 1.807) is 6.92 Å². The maximum Gasteiger partial charge on any atom is 0.129 e. The molecule has 0 bridgehead atoms. The number of pyridine rings is 1. The number of hydrogen-bond acceptors (Lipinski definition) is 4. The topological polar surface area (TPSA) is 85.2 Å². The summed E-state index contributed by atoms with van der Waals surface area (Å²) in [6, 6.07) is 1.91. The summed E-state index contributed by atoms with van der Waals surface area (Å²) in [5.74, 6) is 0.404. The summed E-state index contributed by atoms with van der Waals surface area (Å²) < 4.78 is 0. The van der Waals surface area contributed by atoms with Crippen LogP contribution in [0, 0.1) is 13.8 Å². The molecule has 0 saturated heterocycles. The zero-order chi connectivity index (χ0) is 10.9. The van der Waals surface area contributed by atoms with E-state index < -0.39 is 5.54 Å². The van der Waals surface area contributed by atoms with Gasteiger partial charge < -0.3 is 16.6 Å². The Morgan fingerprint density at radius 2 is 2.07 bits per heavy atom. The predicted octanol–water partition coefficient (Wildman–Crippen LogP) is 0.447. The first-order valence-electron chi connectivity index (χ1n) is 4.52. The van der Waals surface area contributed by atoms with Crippen LogP contribution in [0.25, 0.3) is 0 Å². The van der Waals surface area contributed by atoms with E-state index in [9.17, 15) is 0 Å². The van der Waals surface area contributed by atoms with Crippen LogP contribution in [0.3, 0.4) is 0 Å². The Hall–Kier alpha value is -1.13. The molecule has 0 fully saturated rings. The van der Waals surface area contributed by atoms with Crippen LogP contribution < -0.4 is 11.5 Å². The summed E-state index contributed by atoms with van der Waals surface area (Å²) in [4.78, 5) is 4.14. The number of aryl methyl sites for hydroxylation is 2. The van der Waals surface area contributed by atoms with Gasteiger partial charge in [0.15, 0.2) is 0 Å². The van der Waals surface area contributed by atoms with Crippen molar-refractivity contribution in [2.45, 2.75) is 26.3 Å². The molecule has 0 aliphatic rings. The van der Waals surface area contributed by atoms with Crippen molar-refractivity contribution in [2.75, 3.05) is 12.3 Å². The maximum absolute atomic E-state index is 9.16. The van der Waals surface area contributed by atoms with Gasteiger partial charge in [0, 0.05) is 11.3 Å². The number of aliphatic hydroxyl groups excluding tert-OH is 1. The largest absolute Gasteiger partial charge is 0.394 e. The van der Waals surface area contributed by atoms with Gasteiger partial charge in [0.05, 0.1) is 12.1 Å².